The number of hydrogen-bond acceptors (Lipinski definition) is 5. The molecule has 1 heterocycles. The van der Waals surface area contributed by atoms with Crippen LogP contribution in [0.2, 0.25) is 5.02 Å². The van der Waals surface area contributed by atoms with E-state index >= 15 is 0 Å². The molecule has 2 rings (SSSR count). The number of nitrogens with zero attached hydrogens (tertiary/aromatic N) is 1. The van der Waals surface area contributed by atoms with Crippen molar-refractivity contribution in [1.82, 2.24) is 5.32 Å². The predicted octanol–water partition coefficient (Wildman–Crippen LogP) is 3.34. The standard InChI is InChI=1S/C15H13ClN2O5/c1-2-7-17-15(19)14-6-4-11(23-14)9-22-13-5-3-10(18(20)21)8-12(13)16/h2-6,8H,1,7,9H2,(H,17,19). The minimum absolute atomic E-state index is 0.0340. The van der Waals surface area contributed by atoms with Crippen LogP contribution in [0.15, 0.2) is 47.4 Å². The number of non-ortho nitro benzene ring substituents is 1. The molecule has 1 aromatic carbocycles. The number of ether oxygens (including phenoxy) is 1. The Morgan fingerprint density at radius 3 is 2.87 bits per heavy atom. The Morgan fingerprint density at radius 1 is 1.43 bits per heavy atom. The van der Waals surface area contributed by atoms with Crippen molar-refractivity contribution in [3.8, 4) is 5.75 Å². The van der Waals surface area contributed by atoms with Crippen LogP contribution in [0.25, 0.3) is 0 Å². The second-order valence-electron chi connectivity index (χ2n) is 4.43. The summed E-state index contributed by atoms with van der Waals surface area (Å²) >= 11 is 5.92. The number of nitro benzene ring substituents is 1. The van der Waals surface area contributed by atoms with Crippen LogP contribution in [-0.4, -0.2) is 17.4 Å². The van der Waals surface area contributed by atoms with E-state index in [-0.39, 0.29) is 34.7 Å². The van der Waals surface area contributed by atoms with Gasteiger partial charge in [0.15, 0.2) is 5.76 Å². The van der Waals surface area contributed by atoms with E-state index < -0.39 is 4.92 Å². The van der Waals surface area contributed by atoms with E-state index in [0.29, 0.717) is 12.3 Å². The number of furan rings is 1. The molecule has 7 nitrogen and oxygen atoms in total. The van der Waals surface area contributed by atoms with Crippen molar-refractivity contribution in [2.45, 2.75) is 6.61 Å². The molecule has 0 atom stereocenters. The summed E-state index contributed by atoms with van der Waals surface area (Å²) in [5, 5.41) is 13.3. The number of carbonyl (C=O) groups is 1. The monoisotopic (exact) mass is 336 g/mol. The van der Waals surface area contributed by atoms with E-state index in [4.69, 9.17) is 20.8 Å². The van der Waals surface area contributed by atoms with Gasteiger partial charge in [-0.3, -0.25) is 14.9 Å². The van der Waals surface area contributed by atoms with Crippen LogP contribution in [0, 0.1) is 10.1 Å². The minimum atomic E-state index is -0.545. The van der Waals surface area contributed by atoms with Crippen molar-refractivity contribution in [2.24, 2.45) is 0 Å². The van der Waals surface area contributed by atoms with E-state index in [0.717, 1.165) is 0 Å². The Morgan fingerprint density at radius 2 is 2.22 bits per heavy atom. The van der Waals surface area contributed by atoms with Crippen molar-refractivity contribution in [3.05, 3.63) is 69.6 Å². The van der Waals surface area contributed by atoms with Crippen molar-refractivity contribution >= 4 is 23.2 Å². The molecule has 0 radical (unpaired) electrons. The lowest BCUT2D eigenvalue weighted by molar-refractivity contribution is -0.384. The zero-order valence-electron chi connectivity index (χ0n) is 12.0. The van der Waals surface area contributed by atoms with Gasteiger partial charge >= 0.3 is 0 Å². The highest BCUT2D eigenvalue weighted by molar-refractivity contribution is 6.32. The van der Waals surface area contributed by atoms with E-state index in [1.165, 1.54) is 24.3 Å². The van der Waals surface area contributed by atoms with E-state index in [1.54, 1.807) is 12.1 Å². The Balaban J connectivity index is 1.99. The van der Waals surface area contributed by atoms with Crippen molar-refractivity contribution < 1.29 is 18.9 Å². The molecule has 8 heteroatoms. The summed E-state index contributed by atoms with van der Waals surface area (Å²) in [5.74, 6) is 0.499. The Kier molecular flexibility index (Phi) is 5.37. The zero-order chi connectivity index (χ0) is 16.8. The zero-order valence-corrected chi connectivity index (χ0v) is 12.7. The van der Waals surface area contributed by atoms with Crippen LogP contribution < -0.4 is 10.1 Å². The third-order valence-corrected chi connectivity index (χ3v) is 3.08. The number of halogens is 1. The molecule has 0 aliphatic heterocycles. The van der Waals surface area contributed by atoms with E-state index in [2.05, 4.69) is 11.9 Å². The van der Waals surface area contributed by atoms with Crippen molar-refractivity contribution in [1.29, 1.82) is 0 Å². The molecule has 0 saturated heterocycles. The summed E-state index contributed by atoms with van der Waals surface area (Å²) in [4.78, 5) is 21.8. The number of nitro groups is 1. The normalized spacial score (nSPS) is 10.1. The number of rotatable bonds is 7. The Hall–Kier alpha value is -2.80. The molecular weight excluding hydrogens is 324 g/mol. The average molecular weight is 337 g/mol. The van der Waals surface area contributed by atoms with Gasteiger partial charge < -0.3 is 14.5 Å². The summed E-state index contributed by atoms with van der Waals surface area (Å²) < 4.78 is 10.8. The summed E-state index contributed by atoms with van der Waals surface area (Å²) in [5.41, 5.74) is -0.124. The molecule has 1 amide bonds. The number of hydrogen-bond donors (Lipinski definition) is 1. The van der Waals surface area contributed by atoms with Crippen LogP contribution in [0.3, 0.4) is 0 Å². The Labute approximate surface area is 136 Å². The SMILES string of the molecule is C=CCNC(=O)c1ccc(COc2ccc([N+](=O)[O-])cc2Cl)o1. The summed E-state index contributed by atoms with van der Waals surface area (Å²) in [6.45, 7) is 3.87. The molecule has 2 aromatic rings. The van der Waals surface area contributed by atoms with Gasteiger partial charge in [-0.1, -0.05) is 17.7 Å². The first-order chi connectivity index (χ1) is 11.0. The van der Waals surface area contributed by atoms with Gasteiger partial charge in [0.2, 0.25) is 0 Å². The van der Waals surface area contributed by atoms with Gasteiger partial charge in [-0.05, 0) is 18.2 Å². The lowest BCUT2D eigenvalue weighted by atomic mass is 10.3. The molecule has 1 N–H and O–H groups in total. The first kappa shape index (κ1) is 16.6. The molecule has 0 saturated carbocycles. The highest BCUT2D eigenvalue weighted by Crippen LogP contribution is 2.29. The molecule has 0 spiro atoms. The van der Waals surface area contributed by atoms with Gasteiger partial charge in [0, 0.05) is 18.7 Å². The third-order valence-electron chi connectivity index (χ3n) is 2.79. The summed E-state index contributed by atoms with van der Waals surface area (Å²) in [7, 11) is 0. The number of benzene rings is 1. The van der Waals surface area contributed by atoms with Crippen molar-refractivity contribution in [2.75, 3.05) is 6.54 Å². The molecule has 0 aliphatic rings. The minimum Gasteiger partial charge on any atom is -0.484 e. The number of nitrogens with one attached hydrogen (secondary N) is 1. The number of amides is 1. The fourth-order valence-electron chi connectivity index (χ4n) is 1.70. The van der Waals surface area contributed by atoms with Gasteiger partial charge in [0.1, 0.15) is 18.1 Å². The van der Waals surface area contributed by atoms with E-state index in [9.17, 15) is 14.9 Å². The molecule has 23 heavy (non-hydrogen) atoms. The van der Waals surface area contributed by atoms with Crippen LogP contribution in [0.5, 0.6) is 5.75 Å². The van der Waals surface area contributed by atoms with E-state index in [1.807, 2.05) is 0 Å². The van der Waals surface area contributed by atoms with Gasteiger partial charge in [-0.15, -0.1) is 6.58 Å². The fourth-order valence-corrected chi connectivity index (χ4v) is 1.93. The van der Waals surface area contributed by atoms with Gasteiger partial charge in [0.05, 0.1) is 9.95 Å². The van der Waals surface area contributed by atoms with Crippen LogP contribution >= 0.6 is 11.6 Å². The maximum Gasteiger partial charge on any atom is 0.287 e. The lowest BCUT2D eigenvalue weighted by Gasteiger charge is -2.06. The maximum absolute atomic E-state index is 11.7. The fraction of sp³-hybridized carbons (Fsp3) is 0.133. The summed E-state index contributed by atoms with van der Waals surface area (Å²) in [6.07, 6.45) is 1.56. The highest BCUT2D eigenvalue weighted by Gasteiger charge is 2.13. The van der Waals surface area contributed by atoms with Crippen LogP contribution in [0.1, 0.15) is 16.3 Å². The molecule has 120 valence electrons. The highest BCUT2D eigenvalue weighted by atomic mass is 35.5. The lowest BCUT2D eigenvalue weighted by Crippen LogP contribution is -2.22. The molecule has 0 bridgehead atoms. The predicted molar refractivity (Wildman–Crippen MR) is 83.7 cm³/mol. The molecular formula is C15H13ClN2O5. The maximum atomic E-state index is 11.7. The van der Waals surface area contributed by atoms with Crippen molar-refractivity contribution in [3.63, 3.8) is 0 Å². The van der Waals surface area contributed by atoms with Gasteiger partial charge in [-0.25, -0.2) is 0 Å². The van der Waals surface area contributed by atoms with Gasteiger partial charge in [0.25, 0.3) is 11.6 Å². The first-order valence-electron chi connectivity index (χ1n) is 6.56. The largest absolute Gasteiger partial charge is 0.484 e. The smallest absolute Gasteiger partial charge is 0.287 e. The third kappa shape index (κ3) is 4.33. The van der Waals surface area contributed by atoms with Gasteiger partial charge in [-0.2, -0.15) is 0 Å². The topological polar surface area (TPSA) is 94.6 Å². The molecule has 0 unspecified atom stereocenters. The summed E-state index contributed by atoms with van der Waals surface area (Å²) in [6, 6.07) is 7.02. The average Bonchev–Trinajstić information content (AvgIpc) is 3.00. The first-order valence-corrected chi connectivity index (χ1v) is 6.93. The second-order valence-corrected chi connectivity index (χ2v) is 4.83. The molecule has 0 aliphatic carbocycles. The quantitative estimate of drug-likeness (QED) is 0.475. The van der Waals surface area contributed by atoms with Crippen LogP contribution in [0.4, 0.5) is 5.69 Å². The second kappa shape index (κ2) is 7.46. The number of carbonyl (C=O) groups excluding carboxylic acids is 1. The van der Waals surface area contributed by atoms with Crippen LogP contribution in [-0.2, 0) is 6.61 Å². The molecule has 1 aromatic heterocycles. The molecule has 0 fully saturated rings. The Bertz CT molecular complexity index is 741.